The van der Waals surface area contributed by atoms with Crippen molar-refractivity contribution in [2.75, 3.05) is 13.1 Å². The van der Waals surface area contributed by atoms with Crippen LogP contribution < -0.4 is 5.32 Å². The lowest BCUT2D eigenvalue weighted by Crippen LogP contribution is -2.26. The number of nitrogens with zero attached hydrogens (tertiary/aromatic N) is 1. The van der Waals surface area contributed by atoms with E-state index < -0.39 is 15.3 Å². The maximum Gasteiger partial charge on any atom is 0.203 e. The Kier molecular flexibility index (Phi) is 1.42. The summed E-state index contributed by atoms with van der Waals surface area (Å²) in [7, 11) is -4.31. The first-order chi connectivity index (χ1) is 4.11. The minimum absolute atomic E-state index is 0.372. The first kappa shape index (κ1) is 6.50. The Morgan fingerprint density at radius 1 is 1.67 bits per heavy atom. The molecule has 9 heavy (non-hydrogen) atoms. The second kappa shape index (κ2) is 1.96. The summed E-state index contributed by atoms with van der Waals surface area (Å²) < 4.78 is 30.3. The topological polar surface area (TPSA) is 81.6 Å². The third-order valence-corrected chi connectivity index (χ3v) is 1.63. The lowest BCUT2D eigenvalue weighted by molar-refractivity contribution is 0.476. The zero-order chi connectivity index (χ0) is 6.91. The molecule has 0 aromatic heterocycles. The summed E-state index contributed by atoms with van der Waals surface area (Å²) in [6, 6.07) is 0. The predicted molar refractivity (Wildman–Crippen MR) is 30.0 cm³/mol. The van der Waals surface area contributed by atoms with Gasteiger partial charge < -0.3 is 9.87 Å². The monoisotopic (exact) mass is 149 g/mol. The van der Waals surface area contributed by atoms with E-state index in [2.05, 4.69) is 10.3 Å². The second-order valence-electron chi connectivity index (χ2n) is 1.57. The van der Waals surface area contributed by atoms with Crippen LogP contribution in [0.2, 0.25) is 0 Å². The fraction of sp³-hybridized carbons (Fsp3) is 0.667. The molecule has 1 aliphatic heterocycles. The molecular weight excluding hydrogens is 144 g/mol. The van der Waals surface area contributed by atoms with Gasteiger partial charge in [-0.1, -0.05) is 0 Å². The highest BCUT2D eigenvalue weighted by Crippen LogP contribution is 1.91. The maximum absolute atomic E-state index is 10.1. The summed E-state index contributed by atoms with van der Waals surface area (Å²) in [6.45, 7) is 0.813. The van der Waals surface area contributed by atoms with Gasteiger partial charge in [0, 0.05) is 6.54 Å². The van der Waals surface area contributed by atoms with Gasteiger partial charge in [0.25, 0.3) is 0 Å². The molecule has 0 aromatic carbocycles. The molecule has 0 saturated carbocycles. The summed E-state index contributed by atoms with van der Waals surface area (Å²) in [5.41, 5.74) is 0. The molecule has 0 radical (unpaired) electrons. The SMILES string of the molecule is O=S(=O)([O-])C1=NCCN1. The van der Waals surface area contributed by atoms with E-state index in [-0.39, 0.29) is 0 Å². The molecule has 1 heterocycles. The highest BCUT2D eigenvalue weighted by atomic mass is 32.2. The van der Waals surface area contributed by atoms with E-state index >= 15 is 0 Å². The molecule has 0 aliphatic carbocycles. The highest BCUT2D eigenvalue weighted by molar-refractivity contribution is 8.01. The zero-order valence-electron chi connectivity index (χ0n) is 4.49. The van der Waals surface area contributed by atoms with Crippen molar-refractivity contribution < 1.29 is 13.0 Å². The van der Waals surface area contributed by atoms with Gasteiger partial charge in [0.2, 0.25) is 5.17 Å². The van der Waals surface area contributed by atoms with Gasteiger partial charge in [0.05, 0.1) is 6.54 Å². The van der Waals surface area contributed by atoms with Gasteiger partial charge in [-0.2, -0.15) is 0 Å². The third kappa shape index (κ3) is 1.39. The molecule has 5 nitrogen and oxygen atoms in total. The molecule has 0 aromatic rings. The van der Waals surface area contributed by atoms with Gasteiger partial charge in [0.1, 0.15) is 0 Å². The van der Waals surface area contributed by atoms with Crippen molar-refractivity contribution in [3.63, 3.8) is 0 Å². The van der Waals surface area contributed by atoms with Crippen LogP contribution in [0.5, 0.6) is 0 Å². The summed E-state index contributed by atoms with van der Waals surface area (Å²) >= 11 is 0. The first-order valence-electron chi connectivity index (χ1n) is 2.35. The van der Waals surface area contributed by atoms with Gasteiger partial charge in [-0.3, -0.25) is 4.99 Å². The van der Waals surface area contributed by atoms with Crippen LogP contribution in [0.1, 0.15) is 0 Å². The first-order valence-corrected chi connectivity index (χ1v) is 3.76. The summed E-state index contributed by atoms with van der Waals surface area (Å²) in [5.74, 6) is 0. The number of hydrogen-bond donors (Lipinski definition) is 1. The van der Waals surface area contributed by atoms with Gasteiger partial charge in [-0.25, -0.2) is 8.42 Å². The van der Waals surface area contributed by atoms with Crippen LogP contribution in [0, 0.1) is 0 Å². The standard InChI is InChI=1S/C3H6N2O3S/c6-9(7,8)3-4-1-2-5-3/h1-2H2,(H,4,5)(H,6,7,8)/p-1. The molecule has 0 atom stereocenters. The van der Waals surface area contributed by atoms with Crippen LogP contribution in [0.4, 0.5) is 0 Å². The summed E-state index contributed by atoms with van der Waals surface area (Å²) in [6.07, 6.45) is 0. The van der Waals surface area contributed by atoms with Gasteiger partial charge >= 0.3 is 0 Å². The molecule has 52 valence electrons. The number of nitrogens with one attached hydrogen (secondary N) is 1. The van der Waals surface area contributed by atoms with Crippen LogP contribution in [0.15, 0.2) is 4.99 Å². The van der Waals surface area contributed by atoms with E-state index in [1.807, 2.05) is 0 Å². The molecule has 6 heteroatoms. The smallest absolute Gasteiger partial charge is 0.203 e. The van der Waals surface area contributed by atoms with E-state index in [1.165, 1.54) is 0 Å². The van der Waals surface area contributed by atoms with Crippen molar-refractivity contribution in [1.29, 1.82) is 0 Å². The molecular formula is C3H5N2O3S-. The normalized spacial score (nSPS) is 19.0. The maximum atomic E-state index is 10.1. The van der Waals surface area contributed by atoms with Crippen LogP contribution in [-0.4, -0.2) is 31.2 Å². The number of aliphatic imine (C=N–C) groups is 1. The quantitative estimate of drug-likeness (QED) is 0.424. The minimum atomic E-state index is -4.31. The second-order valence-corrected chi connectivity index (χ2v) is 2.86. The Labute approximate surface area is 52.5 Å². The van der Waals surface area contributed by atoms with Crippen molar-refractivity contribution in [1.82, 2.24) is 5.32 Å². The average Bonchev–Trinajstić information content (AvgIpc) is 2.08. The van der Waals surface area contributed by atoms with Gasteiger partial charge in [0.15, 0.2) is 10.1 Å². The molecule has 0 fully saturated rings. The Balaban J connectivity index is 2.87. The van der Waals surface area contributed by atoms with Crippen molar-refractivity contribution in [2.24, 2.45) is 4.99 Å². The number of hydrogen-bond acceptors (Lipinski definition) is 5. The molecule has 0 amide bonds. The van der Waals surface area contributed by atoms with E-state index in [0.29, 0.717) is 13.1 Å². The van der Waals surface area contributed by atoms with Crippen molar-refractivity contribution in [2.45, 2.75) is 0 Å². The highest BCUT2D eigenvalue weighted by Gasteiger charge is 2.10. The van der Waals surface area contributed by atoms with E-state index in [1.54, 1.807) is 0 Å². The fourth-order valence-corrected chi connectivity index (χ4v) is 1.07. The Morgan fingerprint density at radius 2 is 2.33 bits per heavy atom. The summed E-state index contributed by atoms with van der Waals surface area (Å²) in [4.78, 5) is 3.41. The van der Waals surface area contributed by atoms with E-state index in [9.17, 15) is 13.0 Å². The molecule has 0 unspecified atom stereocenters. The van der Waals surface area contributed by atoms with Crippen molar-refractivity contribution in [3.05, 3.63) is 0 Å². The van der Waals surface area contributed by atoms with Crippen molar-refractivity contribution >= 4 is 15.3 Å². The fourth-order valence-electron chi connectivity index (χ4n) is 0.544. The van der Waals surface area contributed by atoms with Gasteiger partial charge in [-0.05, 0) is 0 Å². The minimum Gasteiger partial charge on any atom is -0.742 e. The predicted octanol–water partition coefficient (Wildman–Crippen LogP) is -1.51. The lowest BCUT2D eigenvalue weighted by Gasteiger charge is -2.04. The Bertz CT molecular complexity index is 229. The van der Waals surface area contributed by atoms with Crippen LogP contribution in [-0.2, 0) is 10.1 Å². The Morgan fingerprint density at radius 3 is 2.56 bits per heavy atom. The summed E-state index contributed by atoms with van der Waals surface area (Å²) in [5, 5.41) is 1.92. The molecule has 0 spiro atoms. The molecule has 1 aliphatic rings. The molecule has 1 N–H and O–H groups in total. The molecule has 0 bridgehead atoms. The zero-order valence-corrected chi connectivity index (χ0v) is 5.31. The average molecular weight is 149 g/mol. The molecule has 1 rings (SSSR count). The largest absolute Gasteiger partial charge is 0.742 e. The lowest BCUT2D eigenvalue weighted by atomic mass is 10.7. The Hall–Kier alpha value is -0.620. The van der Waals surface area contributed by atoms with Crippen LogP contribution >= 0.6 is 0 Å². The molecule has 0 saturated heterocycles. The number of rotatable bonds is 0. The van der Waals surface area contributed by atoms with E-state index in [0.717, 1.165) is 0 Å². The number of amidine groups is 1. The van der Waals surface area contributed by atoms with Gasteiger partial charge in [-0.15, -0.1) is 0 Å². The van der Waals surface area contributed by atoms with E-state index in [4.69, 9.17) is 0 Å². The van der Waals surface area contributed by atoms with Crippen molar-refractivity contribution in [3.8, 4) is 0 Å². The van der Waals surface area contributed by atoms with Crippen LogP contribution in [0.25, 0.3) is 0 Å². The third-order valence-electron chi connectivity index (χ3n) is 0.880. The van der Waals surface area contributed by atoms with Crippen LogP contribution in [0.3, 0.4) is 0 Å².